The fourth-order valence-electron chi connectivity index (χ4n) is 4.32. The summed E-state index contributed by atoms with van der Waals surface area (Å²) in [7, 11) is 0. The number of nitrogens with one attached hydrogen (secondary N) is 1. The molecule has 36 heavy (non-hydrogen) atoms. The molecule has 0 amide bonds. The molecule has 0 radical (unpaired) electrons. The van der Waals surface area contributed by atoms with E-state index in [0.717, 1.165) is 18.9 Å². The summed E-state index contributed by atoms with van der Waals surface area (Å²) in [6.07, 6.45) is -3.75. The number of benzene rings is 1. The van der Waals surface area contributed by atoms with Gasteiger partial charge in [-0.15, -0.1) is 0 Å². The van der Waals surface area contributed by atoms with Gasteiger partial charge in [-0.3, -0.25) is 0 Å². The topological polar surface area (TPSA) is 63.2 Å². The third kappa shape index (κ3) is 5.60. The van der Waals surface area contributed by atoms with Gasteiger partial charge >= 0.3 is 0 Å². The van der Waals surface area contributed by atoms with E-state index in [1.807, 2.05) is 4.90 Å². The number of alkyl halides is 4. The van der Waals surface area contributed by atoms with E-state index in [4.69, 9.17) is 4.74 Å². The molecule has 1 aliphatic heterocycles. The van der Waals surface area contributed by atoms with Gasteiger partial charge in [0.05, 0.1) is 17.0 Å². The molecule has 0 saturated carbocycles. The molecule has 3 aromatic rings. The Labute approximate surface area is 205 Å². The van der Waals surface area contributed by atoms with Crippen LogP contribution in [0.2, 0.25) is 0 Å². The maximum atomic E-state index is 14.8. The standard InChI is InChI=1S/C25H28F5N5O/c1-13-7-9-35(10-8-13)19-11-18-23(31-14(2)16-5-4-6-17(21(16)28)22(29)30)32-15(3)33-24(18)34-25(19)36-12-20(26)27/h4-6,11,13-14,20,22H,7-10,12H2,1-3H3,(H,31,32,33,34)/t14-/m1/s1. The average molecular weight is 510 g/mol. The maximum Gasteiger partial charge on any atom is 0.272 e. The molecule has 0 unspecified atom stereocenters. The lowest BCUT2D eigenvalue weighted by Gasteiger charge is -2.33. The van der Waals surface area contributed by atoms with Crippen LogP contribution < -0.4 is 15.0 Å². The van der Waals surface area contributed by atoms with E-state index in [-0.39, 0.29) is 17.1 Å². The molecular weight excluding hydrogens is 481 g/mol. The first-order chi connectivity index (χ1) is 17.1. The van der Waals surface area contributed by atoms with Crippen molar-refractivity contribution >= 4 is 22.5 Å². The highest BCUT2D eigenvalue weighted by Crippen LogP contribution is 2.36. The summed E-state index contributed by atoms with van der Waals surface area (Å²) in [4.78, 5) is 15.2. The molecule has 1 fully saturated rings. The lowest BCUT2D eigenvalue weighted by molar-refractivity contribution is 0.0799. The SMILES string of the molecule is Cc1nc(N[C@H](C)c2cccc(C(F)F)c2F)c2cc(N3CCC(C)CC3)c(OCC(F)F)nc2n1. The Kier molecular flexibility index (Phi) is 7.75. The van der Waals surface area contributed by atoms with Gasteiger partial charge in [0.25, 0.3) is 12.9 Å². The van der Waals surface area contributed by atoms with Crippen LogP contribution in [0.5, 0.6) is 5.88 Å². The number of rotatable bonds is 8. The van der Waals surface area contributed by atoms with Gasteiger partial charge in [-0.05, 0) is 38.7 Å². The molecule has 2 aromatic heterocycles. The number of pyridine rings is 1. The summed E-state index contributed by atoms with van der Waals surface area (Å²) < 4.78 is 72.4. The number of hydrogen-bond acceptors (Lipinski definition) is 6. The van der Waals surface area contributed by atoms with Crippen molar-refractivity contribution in [3.63, 3.8) is 0 Å². The lowest BCUT2D eigenvalue weighted by Crippen LogP contribution is -2.33. The molecule has 1 aromatic carbocycles. The smallest absolute Gasteiger partial charge is 0.272 e. The minimum atomic E-state index is -2.94. The highest BCUT2D eigenvalue weighted by molar-refractivity contribution is 5.90. The van der Waals surface area contributed by atoms with Gasteiger partial charge < -0.3 is 15.0 Å². The van der Waals surface area contributed by atoms with Crippen LogP contribution in [-0.4, -0.2) is 41.1 Å². The van der Waals surface area contributed by atoms with Gasteiger partial charge in [-0.1, -0.05) is 25.1 Å². The third-order valence-corrected chi connectivity index (χ3v) is 6.33. The second kappa shape index (κ2) is 10.8. The van der Waals surface area contributed by atoms with E-state index in [0.29, 0.717) is 41.7 Å². The number of halogens is 5. The minimum Gasteiger partial charge on any atom is -0.470 e. The maximum absolute atomic E-state index is 14.8. The van der Waals surface area contributed by atoms with Crippen molar-refractivity contribution in [3.8, 4) is 5.88 Å². The first kappa shape index (κ1) is 25.8. The van der Waals surface area contributed by atoms with E-state index in [2.05, 4.69) is 27.2 Å². The van der Waals surface area contributed by atoms with E-state index in [1.54, 1.807) is 19.9 Å². The Balaban J connectivity index is 1.75. The largest absolute Gasteiger partial charge is 0.470 e. The quantitative estimate of drug-likeness (QED) is 0.352. The van der Waals surface area contributed by atoms with Gasteiger partial charge in [0.1, 0.15) is 23.1 Å². The Bertz CT molecular complexity index is 1220. The fraction of sp³-hybridized carbons (Fsp3) is 0.480. The first-order valence-corrected chi connectivity index (χ1v) is 11.8. The van der Waals surface area contributed by atoms with Crippen LogP contribution in [0.4, 0.5) is 33.5 Å². The van der Waals surface area contributed by atoms with E-state index >= 15 is 0 Å². The molecule has 4 rings (SSSR count). The van der Waals surface area contributed by atoms with Crippen LogP contribution in [0.3, 0.4) is 0 Å². The zero-order valence-electron chi connectivity index (χ0n) is 20.2. The van der Waals surface area contributed by atoms with Crippen molar-refractivity contribution < 1.29 is 26.7 Å². The van der Waals surface area contributed by atoms with E-state index in [1.165, 1.54) is 12.1 Å². The summed E-state index contributed by atoms with van der Waals surface area (Å²) >= 11 is 0. The first-order valence-electron chi connectivity index (χ1n) is 11.8. The molecule has 6 nitrogen and oxygen atoms in total. The van der Waals surface area contributed by atoms with Gasteiger partial charge in [-0.25, -0.2) is 31.9 Å². The second-order valence-corrected chi connectivity index (χ2v) is 9.09. The predicted molar refractivity (Wildman–Crippen MR) is 128 cm³/mol. The summed E-state index contributed by atoms with van der Waals surface area (Å²) in [6, 6.07) is 4.89. The zero-order chi connectivity index (χ0) is 26.0. The average Bonchev–Trinajstić information content (AvgIpc) is 2.82. The van der Waals surface area contributed by atoms with Crippen molar-refractivity contribution in [1.29, 1.82) is 0 Å². The number of anilines is 2. The molecule has 3 heterocycles. The number of nitrogens with zero attached hydrogens (tertiary/aromatic N) is 4. The molecule has 1 aliphatic rings. The third-order valence-electron chi connectivity index (χ3n) is 6.33. The van der Waals surface area contributed by atoms with Gasteiger partial charge in [0.2, 0.25) is 5.88 Å². The number of hydrogen-bond donors (Lipinski definition) is 1. The molecule has 11 heteroatoms. The van der Waals surface area contributed by atoms with Crippen LogP contribution in [0.15, 0.2) is 24.3 Å². The monoisotopic (exact) mass is 509 g/mol. The number of aromatic nitrogens is 3. The zero-order valence-corrected chi connectivity index (χ0v) is 20.2. The van der Waals surface area contributed by atoms with Crippen LogP contribution in [0.1, 0.15) is 56.1 Å². The molecular formula is C25H28F5N5O. The molecule has 0 spiro atoms. The number of ether oxygens (including phenoxy) is 1. The fourth-order valence-corrected chi connectivity index (χ4v) is 4.32. The molecule has 1 N–H and O–H groups in total. The van der Waals surface area contributed by atoms with Crippen LogP contribution in [-0.2, 0) is 0 Å². The Morgan fingerprint density at radius 1 is 1.08 bits per heavy atom. The van der Waals surface area contributed by atoms with Crippen molar-refractivity contribution in [2.75, 3.05) is 29.9 Å². The van der Waals surface area contributed by atoms with Crippen molar-refractivity contribution in [2.24, 2.45) is 5.92 Å². The Morgan fingerprint density at radius 2 is 1.78 bits per heavy atom. The van der Waals surface area contributed by atoms with Crippen molar-refractivity contribution in [2.45, 2.75) is 52.5 Å². The number of piperidine rings is 1. The normalized spacial score (nSPS) is 15.7. The Morgan fingerprint density at radius 3 is 2.44 bits per heavy atom. The molecule has 0 bridgehead atoms. The number of aryl methyl sites for hydroxylation is 1. The number of fused-ring (bicyclic) bond motifs is 1. The Hall–Kier alpha value is -3.24. The predicted octanol–water partition coefficient (Wildman–Crippen LogP) is 6.46. The highest BCUT2D eigenvalue weighted by Gasteiger charge is 2.24. The summed E-state index contributed by atoms with van der Waals surface area (Å²) in [5.74, 6) is 0.289. The molecule has 0 aliphatic carbocycles. The van der Waals surface area contributed by atoms with Crippen LogP contribution >= 0.6 is 0 Å². The summed E-state index contributed by atoms with van der Waals surface area (Å²) in [6.45, 7) is 6.04. The van der Waals surface area contributed by atoms with E-state index in [9.17, 15) is 22.0 Å². The molecule has 1 saturated heterocycles. The molecule has 194 valence electrons. The summed E-state index contributed by atoms with van der Waals surface area (Å²) in [5.41, 5.74) is 0.155. The minimum absolute atomic E-state index is 0.0603. The van der Waals surface area contributed by atoms with Crippen LogP contribution in [0, 0.1) is 18.7 Å². The summed E-state index contributed by atoms with van der Waals surface area (Å²) in [5, 5.41) is 3.58. The van der Waals surface area contributed by atoms with Crippen molar-refractivity contribution in [3.05, 3.63) is 47.0 Å². The highest BCUT2D eigenvalue weighted by atomic mass is 19.3. The second-order valence-electron chi connectivity index (χ2n) is 9.09. The lowest BCUT2D eigenvalue weighted by atomic mass is 9.99. The van der Waals surface area contributed by atoms with Crippen LogP contribution in [0.25, 0.3) is 11.0 Å². The van der Waals surface area contributed by atoms with Gasteiger partial charge in [-0.2, -0.15) is 4.98 Å². The van der Waals surface area contributed by atoms with E-state index < -0.39 is 36.9 Å². The molecule has 1 atom stereocenters. The van der Waals surface area contributed by atoms with Gasteiger partial charge in [0, 0.05) is 18.7 Å². The van der Waals surface area contributed by atoms with Crippen molar-refractivity contribution in [1.82, 2.24) is 15.0 Å². The van der Waals surface area contributed by atoms with Gasteiger partial charge in [0.15, 0.2) is 12.3 Å².